The van der Waals surface area contributed by atoms with Crippen molar-refractivity contribution in [1.29, 1.82) is 0 Å². The molecule has 0 aliphatic heterocycles. The summed E-state index contributed by atoms with van der Waals surface area (Å²) in [6.45, 7) is 5.59. The Balaban J connectivity index is 2.91. The van der Waals surface area contributed by atoms with Gasteiger partial charge in [-0.1, -0.05) is 90.4 Å². The van der Waals surface area contributed by atoms with Crippen molar-refractivity contribution in [1.82, 2.24) is 5.32 Å². The van der Waals surface area contributed by atoms with Gasteiger partial charge in [0.2, 0.25) is 0 Å². The first kappa shape index (κ1) is 21.9. The Hall–Kier alpha value is -0.0800. The smallest absolute Gasteiger partial charge is 0.00489 e. The standard InChI is InChI=1S/C20H44N2/c1-2-3-4-5-6-7-8-10-13-16-19-22-20-17-14-11-9-12-15-18-21/h22H,2-21H2,1H3. The molecule has 2 nitrogen and oxygen atoms in total. The van der Waals surface area contributed by atoms with Crippen LogP contribution in [0.15, 0.2) is 0 Å². The van der Waals surface area contributed by atoms with E-state index in [-0.39, 0.29) is 0 Å². The lowest BCUT2D eigenvalue weighted by molar-refractivity contribution is 0.531. The molecule has 0 spiro atoms. The fourth-order valence-electron chi connectivity index (χ4n) is 2.96. The van der Waals surface area contributed by atoms with Crippen LogP contribution in [0.25, 0.3) is 0 Å². The molecule has 0 aromatic carbocycles. The van der Waals surface area contributed by atoms with Crippen LogP contribution >= 0.6 is 0 Å². The van der Waals surface area contributed by atoms with Gasteiger partial charge in [-0.2, -0.15) is 0 Å². The summed E-state index contributed by atoms with van der Waals surface area (Å²) in [6.07, 6.45) is 22.3. The van der Waals surface area contributed by atoms with Gasteiger partial charge in [-0.25, -0.2) is 0 Å². The molecule has 0 saturated heterocycles. The molecule has 0 saturated carbocycles. The molecule has 0 rings (SSSR count). The van der Waals surface area contributed by atoms with Crippen molar-refractivity contribution in [3.05, 3.63) is 0 Å². The summed E-state index contributed by atoms with van der Waals surface area (Å²) < 4.78 is 0. The van der Waals surface area contributed by atoms with E-state index in [1.54, 1.807) is 0 Å². The second-order valence-corrected chi connectivity index (χ2v) is 6.84. The lowest BCUT2D eigenvalue weighted by Crippen LogP contribution is -2.16. The highest BCUT2D eigenvalue weighted by Gasteiger charge is 1.94. The van der Waals surface area contributed by atoms with Crippen LogP contribution in [-0.2, 0) is 0 Å². The van der Waals surface area contributed by atoms with E-state index in [4.69, 9.17) is 5.73 Å². The van der Waals surface area contributed by atoms with Crippen molar-refractivity contribution < 1.29 is 0 Å². The average Bonchev–Trinajstić information content (AvgIpc) is 2.54. The minimum Gasteiger partial charge on any atom is -0.330 e. The Labute approximate surface area is 141 Å². The van der Waals surface area contributed by atoms with Crippen molar-refractivity contribution in [2.24, 2.45) is 5.73 Å². The monoisotopic (exact) mass is 312 g/mol. The number of unbranched alkanes of at least 4 members (excludes halogenated alkanes) is 14. The van der Waals surface area contributed by atoms with Crippen LogP contribution < -0.4 is 11.1 Å². The first-order valence-electron chi connectivity index (χ1n) is 10.3. The van der Waals surface area contributed by atoms with Crippen molar-refractivity contribution in [2.45, 2.75) is 110 Å². The number of hydrogen-bond acceptors (Lipinski definition) is 2. The lowest BCUT2D eigenvalue weighted by Gasteiger charge is -2.05. The van der Waals surface area contributed by atoms with E-state index in [0.717, 1.165) is 6.54 Å². The summed E-state index contributed by atoms with van der Waals surface area (Å²) >= 11 is 0. The maximum Gasteiger partial charge on any atom is -0.00489 e. The van der Waals surface area contributed by atoms with Gasteiger partial charge in [-0.15, -0.1) is 0 Å². The minimum absolute atomic E-state index is 0.862. The summed E-state index contributed by atoms with van der Waals surface area (Å²) in [5.41, 5.74) is 5.49. The molecule has 0 aromatic rings. The van der Waals surface area contributed by atoms with Gasteiger partial charge in [0.15, 0.2) is 0 Å². The highest BCUT2D eigenvalue weighted by Crippen LogP contribution is 2.10. The third-order valence-corrected chi connectivity index (χ3v) is 4.51. The van der Waals surface area contributed by atoms with Gasteiger partial charge in [0.25, 0.3) is 0 Å². The summed E-state index contributed by atoms with van der Waals surface area (Å²) in [5, 5.41) is 3.59. The quantitative estimate of drug-likeness (QED) is 0.296. The highest BCUT2D eigenvalue weighted by molar-refractivity contribution is 4.52. The molecule has 0 atom stereocenters. The van der Waals surface area contributed by atoms with Gasteiger partial charge >= 0.3 is 0 Å². The largest absolute Gasteiger partial charge is 0.330 e. The van der Waals surface area contributed by atoms with Crippen LogP contribution in [0.2, 0.25) is 0 Å². The van der Waals surface area contributed by atoms with E-state index in [2.05, 4.69) is 12.2 Å². The fraction of sp³-hybridized carbons (Fsp3) is 1.00. The SMILES string of the molecule is CCCCCCCCCCCCNCCCCCCCCN. The topological polar surface area (TPSA) is 38.0 Å². The Morgan fingerprint density at radius 3 is 1.27 bits per heavy atom. The van der Waals surface area contributed by atoms with Gasteiger partial charge in [-0.05, 0) is 38.9 Å². The summed E-state index contributed by atoms with van der Waals surface area (Å²) in [4.78, 5) is 0. The molecule has 2 heteroatoms. The molecule has 0 heterocycles. The van der Waals surface area contributed by atoms with Crippen LogP contribution in [0, 0.1) is 0 Å². The van der Waals surface area contributed by atoms with Crippen molar-refractivity contribution in [3.63, 3.8) is 0 Å². The summed E-state index contributed by atoms with van der Waals surface area (Å²) in [7, 11) is 0. The summed E-state index contributed by atoms with van der Waals surface area (Å²) in [6, 6.07) is 0. The van der Waals surface area contributed by atoms with E-state index < -0.39 is 0 Å². The second kappa shape index (κ2) is 20.9. The molecule has 0 radical (unpaired) electrons. The van der Waals surface area contributed by atoms with Gasteiger partial charge < -0.3 is 11.1 Å². The van der Waals surface area contributed by atoms with Gasteiger partial charge in [-0.3, -0.25) is 0 Å². The van der Waals surface area contributed by atoms with E-state index in [0.29, 0.717) is 0 Å². The Morgan fingerprint density at radius 1 is 0.500 bits per heavy atom. The molecule has 0 amide bonds. The molecule has 0 aliphatic rings. The Bertz CT molecular complexity index is 163. The van der Waals surface area contributed by atoms with Crippen molar-refractivity contribution in [3.8, 4) is 0 Å². The van der Waals surface area contributed by atoms with Crippen molar-refractivity contribution >= 4 is 0 Å². The molecule has 0 unspecified atom stereocenters. The van der Waals surface area contributed by atoms with Crippen LogP contribution in [0.3, 0.4) is 0 Å². The van der Waals surface area contributed by atoms with Gasteiger partial charge in [0, 0.05) is 0 Å². The molecule has 134 valence electrons. The van der Waals surface area contributed by atoms with E-state index >= 15 is 0 Å². The molecule has 0 aliphatic carbocycles. The highest BCUT2D eigenvalue weighted by atomic mass is 14.8. The molecular weight excluding hydrogens is 268 g/mol. The zero-order valence-corrected chi connectivity index (χ0v) is 15.5. The Morgan fingerprint density at radius 2 is 0.864 bits per heavy atom. The van der Waals surface area contributed by atoms with Crippen molar-refractivity contribution in [2.75, 3.05) is 19.6 Å². The number of rotatable bonds is 19. The molecular formula is C20H44N2. The third kappa shape index (κ3) is 19.9. The Kier molecular flexibility index (Phi) is 20.8. The van der Waals surface area contributed by atoms with Crippen LogP contribution in [0.1, 0.15) is 110 Å². The number of nitrogens with one attached hydrogen (secondary N) is 1. The lowest BCUT2D eigenvalue weighted by atomic mass is 10.1. The maximum absolute atomic E-state index is 5.49. The molecule has 0 aromatic heterocycles. The van der Waals surface area contributed by atoms with Gasteiger partial charge in [0.1, 0.15) is 0 Å². The molecule has 3 N–H and O–H groups in total. The second-order valence-electron chi connectivity index (χ2n) is 6.84. The first-order valence-corrected chi connectivity index (χ1v) is 10.3. The number of hydrogen-bond donors (Lipinski definition) is 2. The fourth-order valence-corrected chi connectivity index (χ4v) is 2.96. The van der Waals surface area contributed by atoms with Crippen LogP contribution in [-0.4, -0.2) is 19.6 Å². The average molecular weight is 313 g/mol. The third-order valence-electron chi connectivity index (χ3n) is 4.51. The maximum atomic E-state index is 5.49. The first-order chi connectivity index (χ1) is 10.9. The molecule has 0 fully saturated rings. The summed E-state index contributed by atoms with van der Waals surface area (Å²) in [5.74, 6) is 0. The molecule has 22 heavy (non-hydrogen) atoms. The normalized spacial score (nSPS) is 11.2. The predicted octanol–water partition coefficient (Wildman–Crippen LogP) is 5.80. The van der Waals surface area contributed by atoms with Crippen LogP contribution in [0.5, 0.6) is 0 Å². The number of nitrogens with two attached hydrogens (primary N) is 1. The molecule has 0 bridgehead atoms. The van der Waals surface area contributed by atoms with E-state index in [9.17, 15) is 0 Å². The van der Waals surface area contributed by atoms with E-state index in [1.165, 1.54) is 116 Å². The van der Waals surface area contributed by atoms with Crippen LogP contribution in [0.4, 0.5) is 0 Å². The zero-order chi connectivity index (χ0) is 16.1. The zero-order valence-electron chi connectivity index (χ0n) is 15.5. The van der Waals surface area contributed by atoms with Gasteiger partial charge in [0.05, 0.1) is 0 Å². The minimum atomic E-state index is 0.862. The van der Waals surface area contributed by atoms with E-state index in [1.807, 2.05) is 0 Å². The predicted molar refractivity (Wildman–Crippen MR) is 101 cm³/mol.